The minimum absolute atomic E-state index is 0.120. The van der Waals surface area contributed by atoms with E-state index in [0.29, 0.717) is 17.3 Å². The molecule has 0 spiro atoms. The molecule has 1 aliphatic rings. The number of Topliss-reactive ketones (excluding diaryl/α,β-unsaturated/α-hetero) is 1. The molecule has 0 aliphatic carbocycles. The van der Waals surface area contributed by atoms with Gasteiger partial charge in [-0.2, -0.15) is 0 Å². The average molecular weight is 423 g/mol. The van der Waals surface area contributed by atoms with Crippen LogP contribution in [0.15, 0.2) is 54.7 Å². The van der Waals surface area contributed by atoms with Crippen molar-refractivity contribution < 1.29 is 14.3 Å². The zero-order valence-electron chi connectivity index (χ0n) is 17.2. The lowest BCUT2D eigenvalue weighted by molar-refractivity contribution is -0.118. The Kier molecular flexibility index (Phi) is 6.45. The van der Waals surface area contributed by atoms with Crippen molar-refractivity contribution in [3.8, 4) is 11.5 Å². The standard InChI is InChI=1S/C24H26N2O3S/c1-28-23-11-19-18(13-26-20(19)12-24(23)29-2)14-30-15-22(27)21-10-17(8-9-25-21)16-6-4-3-5-7-16/h3-8,11-13,21,25-26H,9-10,14-15H2,1-2H3. The lowest BCUT2D eigenvalue weighted by atomic mass is 9.94. The molecule has 4 rings (SSSR count). The van der Waals surface area contributed by atoms with Crippen LogP contribution in [-0.2, 0) is 10.5 Å². The molecule has 1 atom stereocenters. The van der Waals surface area contributed by atoms with Crippen molar-refractivity contribution in [3.63, 3.8) is 0 Å². The summed E-state index contributed by atoms with van der Waals surface area (Å²) in [5.74, 6) is 2.90. The third kappa shape index (κ3) is 4.40. The van der Waals surface area contributed by atoms with E-state index in [1.54, 1.807) is 26.0 Å². The van der Waals surface area contributed by atoms with Crippen molar-refractivity contribution in [2.24, 2.45) is 0 Å². The van der Waals surface area contributed by atoms with E-state index < -0.39 is 0 Å². The van der Waals surface area contributed by atoms with Gasteiger partial charge in [-0.15, -0.1) is 11.8 Å². The summed E-state index contributed by atoms with van der Waals surface area (Å²) in [7, 11) is 3.27. The van der Waals surface area contributed by atoms with Gasteiger partial charge in [0.05, 0.1) is 26.0 Å². The van der Waals surface area contributed by atoms with Crippen molar-refractivity contribution in [1.29, 1.82) is 0 Å². The summed E-state index contributed by atoms with van der Waals surface area (Å²) in [6, 6.07) is 14.1. The van der Waals surface area contributed by atoms with Crippen LogP contribution in [0.3, 0.4) is 0 Å². The van der Waals surface area contributed by atoms with Crippen molar-refractivity contribution in [1.82, 2.24) is 10.3 Å². The van der Waals surface area contributed by atoms with Gasteiger partial charge in [0.15, 0.2) is 17.3 Å². The zero-order valence-corrected chi connectivity index (χ0v) is 18.1. The predicted molar refractivity (Wildman–Crippen MR) is 123 cm³/mol. The molecule has 0 bridgehead atoms. The number of H-pyrrole nitrogens is 1. The van der Waals surface area contributed by atoms with Crippen LogP contribution in [0.2, 0.25) is 0 Å². The molecule has 0 amide bonds. The third-order valence-electron chi connectivity index (χ3n) is 5.44. The number of hydrogen-bond donors (Lipinski definition) is 2. The number of aromatic amines is 1. The summed E-state index contributed by atoms with van der Waals surface area (Å²) in [5.41, 5.74) is 4.61. The predicted octanol–water partition coefficient (Wildman–Crippen LogP) is 4.43. The maximum atomic E-state index is 12.8. The van der Waals surface area contributed by atoms with E-state index in [-0.39, 0.29) is 11.8 Å². The van der Waals surface area contributed by atoms with E-state index in [1.807, 2.05) is 36.5 Å². The van der Waals surface area contributed by atoms with Gasteiger partial charge >= 0.3 is 0 Å². The van der Waals surface area contributed by atoms with Crippen LogP contribution in [0.5, 0.6) is 11.5 Å². The highest BCUT2D eigenvalue weighted by molar-refractivity contribution is 7.99. The summed E-state index contributed by atoms with van der Waals surface area (Å²) in [6.45, 7) is 0.732. The molecule has 1 unspecified atom stereocenters. The summed E-state index contributed by atoms with van der Waals surface area (Å²) in [5, 5.41) is 4.44. The van der Waals surface area contributed by atoms with E-state index in [4.69, 9.17) is 9.47 Å². The Labute approximate surface area is 180 Å². The molecule has 0 saturated heterocycles. The Morgan fingerprint density at radius 3 is 2.67 bits per heavy atom. The van der Waals surface area contributed by atoms with Gasteiger partial charge < -0.3 is 19.8 Å². The number of ether oxygens (including phenoxy) is 2. The van der Waals surface area contributed by atoms with Crippen molar-refractivity contribution >= 4 is 34.0 Å². The number of benzene rings is 2. The zero-order chi connectivity index (χ0) is 20.9. The van der Waals surface area contributed by atoms with Crippen LogP contribution in [0.4, 0.5) is 0 Å². The van der Waals surface area contributed by atoms with Crippen LogP contribution in [0.1, 0.15) is 17.5 Å². The fourth-order valence-electron chi connectivity index (χ4n) is 3.80. The van der Waals surface area contributed by atoms with Crippen LogP contribution in [0.25, 0.3) is 16.5 Å². The normalized spacial score (nSPS) is 16.3. The number of ketones is 1. The van der Waals surface area contributed by atoms with E-state index in [2.05, 4.69) is 28.5 Å². The average Bonchev–Trinajstić information content (AvgIpc) is 3.20. The first-order valence-electron chi connectivity index (χ1n) is 10.00. The van der Waals surface area contributed by atoms with E-state index >= 15 is 0 Å². The van der Waals surface area contributed by atoms with Crippen LogP contribution < -0.4 is 14.8 Å². The molecule has 1 aromatic heterocycles. The molecule has 0 saturated carbocycles. The fraction of sp³-hybridized carbons (Fsp3) is 0.292. The molecular formula is C24H26N2O3S. The van der Waals surface area contributed by atoms with Crippen molar-refractivity contribution in [2.75, 3.05) is 26.5 Å². The lowest BCUT2D eigenvalue weighted by Gasteiger charge is -2.23. The SMILES string of the molecule is COc1cc2[nH]cc(CSCC(=O)C3CC(c4ccccc4)=CCN3)c2cc1OC. The molecule has 1 aliphatic heterocycles. The van der Waals surface area contributed by atoms with Gasteiger partial charge in [-0.05, 0) is 29.2 Å². The quantitative estimate of drug-likeness (QED) is 0.562. The van der Waals surface area contributed by atoms with Crippen molar-refractivity contribution in [2.45, 2.75) is 18.2 Å². The Morgan fingerprint density at radius 2 is 1.90 bits per heavy atom. The molecule has 6 heteroatoms. The molecule has 2 heterocycles. The minimum Gasteiger partial charge on any atom is -0.493 e. The van der Waals surface area contributed by atoms with Gasteiger partial charge in [0.2, 0.25) is 0 Å². The number of nitrogens with one attached hydrogen (secondary N) is 2. The van der Waals surface area contributed by atoms with Gasteiger partial charge in [0.25, 0.3) is 0 Å². The number of methoxy groups -OCH3 is 2. The minimum atomic E-state index is -0.120. The molecule has 30 heavy (non-hydrogen) atoms. The number of fused-ring (bicyclic) bond motifs is 1. The molecule has 5 nitrogen and oxygen atoms in total. The van der Waals surface area contributed by atoms with Crippen molar-refractivity contribution in [3.05, 3.63) is 65.9 Å². The topological polar surface area (TPSA) is 63.4 Å². The number of aromatic nitrogens is 1. The maximum absolute atomic E-state index is 12.8. The maximum Gasteiger partial charge on any atom is 0.162 e. The number of thioether (sulfide) groups is 1. The molecule has 2 N–H and O–H groups in total. The molecule has 0 radical (unpaired) electrons. The van der Waals surface area contributed by atoms with Gasteiger partial charge in [-0.1, -0.05) is 36.4 Å². The first-order chi connectivity index (χ1) is 14.7. The monoisotopic (exact) mass is 422 g/mol. The molecule has 2 aromatic carbocycles. The summed E-state index contributed by atoms with van der Waals surface area (Å²) in [4.78, 5) is 16.1. The van der Waals surface area contributed by atoms with E-state index in [9.17, 15) is 4.79 Å². The number of carbonyl (C=O) groups excluding carboxylic acids is 1. The number of rotatable bonds is 8. The Bertz CT molecular complexity index is 1060. The van der Waals surface area contributed by atoms with Gasteiger partial charge in [-0.3, -0.25) is 4.79 Å². The second-order valence-corrected chi connectivity index (χ2v) is 8.27. The number of hydrogen-bond acceptors (Lipinski definition) is 5. The summed E-state index contributed by atoms with van der Waals surface area (Å²) < 4.78 is 10.8. The van der Waals surface area contributed by atoms with Gasteiger partial charge in [0.1, 0.15) is 0 Å². The number of carbonyl (C=O) groups is 1. The highest BCUT2D eigenvalue weighted by Gasteiger charge is 2.22. The highest BCUT2D eigenvalue weighted by atomic mass is 32.2. The highest BCUT2D eigenvalue weighted by Crippen LogP contribution is 2.34. The van der Waals surface area contributed by atoms with Gasteiger partial charge in [0, 0.05) is 35.5 Å². The second-order valence-electron chi connectivity index (χ2n) is 7.29. The molecule has 0 fully saturated rings. The Balaban J connectivity index is 1.36. The van der Waals surface area contributed by atoms with Crippen LogP contribution in [-0.4, -0.2) is 43.3 Å². The Morgan fingerprint density at radius 1 is 1.13 bits per heavy atom. The largest absolute Gasteiger partial charge is 0.493 e. The first-order valence-corrected chi connectivity index (χ1v) is 11.2. The first kappa shape index (κ1) is 20.6. The van der Waals surface area contributed by atoms with Crippen LogP contribution in [0, 0.1) is 0 Å². The van der Waals surface area contributed by atoms with Gasteiger partial charge in [-0.25, -0.2) is 0 Å². The van der Waals surface area contributed by atoms with E-state index in [0.717, 1.165) is 35.2 Å². The summed E-state index contributed by atoms with van der Waals surface area (Å²) >= 11 is 1.65. The summed E-state index contributed by atoms with van der Waals surface area (Å²) in [6.07, 6.45) is 4.92. The molecular weight excluding hydrogens is 396 g/mol. The van der Waals surface area contributed by atoms with Crippen LogP contribution >= 0.6 is 11.8 Å². The Hall–Kier alpha value is -2.70. The fourth-order valence-corrected chi connectivity index (χ4v) is 4.77. The molecule has 156 valence electrons. The molecule has 3 aromatic rings. The smallest absolute Gasteiger partial charge is 0.162 e. The lowest BCUT2D eigenvalue weighted by Crippen LogP contribution is -2.40. The van der Waals surface area contributed by atoms with E-state index in [1.165, 1.54) is 11.1 Å². The third-order valence-corrected chi connectivity index (χ3v) is 6.45. The second kappa shape index (κ2) is 9.41.